The molecule has 0 unspecified atom stereocenters. The van der Waals surface area contributed by atoms with Gasteiger partial charge in [0.1, 0.15) is 5.76 Å². The number of carbonyl (C=O) groups is 2. The fourth-order valence-corrected chi connectivity index (χ4v) is 2.46. The molecule has 20 heavy (non-hydrogen) atoms. The highest BCUT2D eigenvalue weighted by Crippen LogP contribution is 2.32. The van der Waals surface area contributed by atoms with Crippen molar-refractivity contribution in [2.45, 2.75) is 12.8 Å². The molecule has 0 saturated heterocycles. The first-order valence-electron chi connectivity index (χ1n) is 6.36. The van der Waals surface area contributed by atoms with Gasteiger partial charge in [0.15, 0.2) is 0 Å². The minimum Gasteiger partial charge on any atom is -0.508 e. The Labute approximate surface area is 116 Å². The smallest absolute Gasteiger partial charge is 0.254 e. The largest absolute Gasteiger partial charge is 0.508 e. The van der Waals surface area contributed by atoms with Gasteiger partial charge in [-0.05, 0) is 17.2 Å². The number of benzene rings is 1. The van der Waals surface area contributed by atoms with E-state index in [1.807, 2.05) is 36.4 Å². The molecule has 2 aliphatic rings. The highest BCUT2D eigenvalue weighted by atomic mass is 16.3. The van der Waals surface area contributed by atoms with Crippen LogP contribution in [0.25, 0.3) is 6.08 Å². The topological polar surface area (TPSA) is 66.4 Å². The maximum Gasteiger partial charge on any atom is 0.254 e. The molecule has 0 fully saturated rings. The molecule has 0 aromatic heterocycles. The van der Waals surface area contributed by atoms with Crippen molar-refractivity contribution < 1.29 is 14.7 Å². The maximum atomic E-state index is 11.8. The number of imide groups is 1. The average Bonchev–Trinajstić information content (AvgIpc) is 2.41. The molecule has 0 atom stereocenters. The molecule has 0 bridgehead atoms. The van der Waals surface area contributed by atoms with Gasteiger partial charge in [-0.1, -0.05) is 36.4 Å². The van der Waals surface area contributed by atoms with Gasteiger partial charge in [0.05, 0.1) is 6.42 Å². The van der Waals surface area contributed by atoms with Crippen LogP contribution in [0.1, 0.15) is 18.4 Å². The number of hydrogen-bond acceptors (Lipinski definition) is 3. The quantitative estimate of drug-likeness (QED) is 0.767. The Bertz CT molecular complexity index is 681. The van der Waals surface area contributed by atoms with Gasteiger partial charge in [-0.25, -0.2) is 0 Å². The highest BCUT2D eigenvalue weighted by Gasteiger charge is 2.30. The van der Waals surface area contributed by atoms with E-state index in [2.05, 4.69) is 5.32 Å². The number of aliphatic hydroxyl groups excluding tert-OH is 1. The predicted molar refractivity (Wildman–Crippen MR) is 74.5 cm³/mol. The summed E-state index contributed by atoms with van der Waals surface area (Å²) in [6.45, 7) is 0. The van der Waals surface area contributed by atoms with Crippen LogP contribution in [0.5, 0.6) is 0 Å². The normalized spacial score (nSPS) is 20.6. The van der Waals surface area contributed by atoms with Crippen LogP contribution >= 0.6 is 0 Å². The highest BCUT2D eigenvalue weighted by molar-refractivity contribution is 6.09. The number of amides is 2. The van der Waals surface area contributed by atoms with E-state index in [-0.39, 0.29) is 18.1 Å². The van der Waals surface area contributed by atoms with Crippen molar-refractivity contribution in [2.24, 2.45) is 0 Å². The molecule has 2 N–H and O–H groups in total. The third-order valence-corrected chi connectivity index (χ3v) is 3.39. The van der Waals surface area contributed by atoms with Crippen molar-refractivity contribution in [1.82, 2.24) is 5.32 Å². The second-order valence-electron chi connectivity index (χ2n) is 4.85. The van der Waals surface area contributed by atoms with Crippen molar-refractivity contribution in [3.8, 4) is 0 Å². The van der Waals surface area contributed by atoms with E-state index in [1.165, 1.54) is 0 Å². The minimum atomic E-state index is -0.408. The van der Waals surface area contributed by atoms with Gasteiger partial charge in [-0.15, -0.1) is 0 Å². The van der Waals surface area contributed by atoms with Crippen LogP contribution in [-0.4, -0.2) is 16.9 Å². The minimum absolute atomic E-state index is 0.0108. The van der Waals surface area contributed by atoms with Gasteiger partial charge in [-0.2, -0.15) is 0 Å². The second kappa shape index (κ2) is 4.81. The molecule has 4 heteroatoms. The molecule has 0 spiro atoms. The van der Waals surface area contributed by atoms with Crippen molar-refractivity contribution in [1.29, 1.82) is 0 Å². The van der Waals surface area contributed by atoms with E-state index in [0.29, 0.717) is 17.6 Å². The summed E-state index contributed by atoms with van der Waals surface area (Å²) in [5.41, 5.74) is 2.77. The van der Waals surface area contributed by atoms with E-state index < -0.39 is 5.91 Å². The lowest BCUT2D eigenvalue weighted by Gasteiger charge is -2.23. The second-order valence-corrected chi connectivity index (χ2v) is 4.85. The van der Waals surface area contributed by atoms with Crippen molar-refractivity contribution in [3.05, 3.63) is 64.4 Å². The number of carbonyl (C=O) groups excluding carboxylic acids is 2. The Morgan fingerprint density at radius 1 is 1.05 bits per heavy atom. The molecule has 2 amide bonds. The van der Waals surface area contributed by atoms with Crippen LogP contribution in [0, 0.1) is 0 Å². The number of aliphatic hydroxyl groups is 1. The van der Waals surface area contributed by atoms with Gasteiger partial charge >= 0.3 is 0 Å². The summed E-state index contributed by atoms with van der Waals surface area (Å²) in [4.78, 5) is 23.2. The molecular formula is C16H13NO3. The van der Waals surface area contributed by atoms with Crippen molar-refractivity contribution in [2.75, 3.05) is 0 Å². The Morgan fingerprint density at radius 3 is 2.55 bits per heavy atom. The number of hydrogen-bond donors (Lipinski definition) is 2. The van der Waals surface area contributed by atoms with Gasteiger partial charge in [0.2, 0.25) is 5.91 Å². The lowest BCUT2D eigenvalue weighted by molar-refractivity contribution is -0.129. The van der Waals surface area contributed by atoms with Gasteiger partial charge in [0.25, 0.3) is 5.91 Å². The molecular weight excluding hydrogens is 254 g/mol. The molecule has 4 nitrogen and oxygen atoms in total. The molecule has 0 radical (unpaired) electrons. The maximum absolute atomic E-state index is 11.8. The Morgan fingerprint density at radius 2 is 1.80 bits per heavy atom. The van der Waals surface area contributed by atoms with Crippen molar-refractivity contribution in [3.63, 3.8) is 0 Å². The first kappa shape index (κ1) is 12.4. The van der Waals surface area contributed by atoms with Gasteiger partial charge in [-0.3, -0.25) is 14.9 Å². The Balaban J connectivity index is 1.96. The van der Waals surface area contributed by atoms with E-state index in [1.54, 1.807) is 6.08 Å². The monoisotopic (exact) mass is 267 g/mol. The van der Waals surface area contributed by atoms with Crippen LogP contribution in [0.3, 0.4) is 0 Å². The SMILES string of the molecule is O=C1CC2=C(CC(=Cc3ccccc3)C=C2O)C(=O)N1. The summed E-state index contributed by atoms with van der Waals surface area (Å²) in [5.74, 6) is -0.768. The number of allylic oxidation sites excluding steroid dienone is 3. The van der Waals surface area contributed by atoms with E-state index in [9.17, 15) is 14.7 Å². The fourth-order valence-electron chi connectivity index (χ4n) is 2.46. The van der Waals surface area contributed by atoms with E-state index in [0.717, 1.165) is 11.1 Å². The van der Waals surface area contributed by atoms with E-state index in [4.69, 9.17) is 0 Å². The predicted octanol–water partition coefficient (Wildman–Crippen LogP) is 2.26. The van der Waals surface area contributed by atoms with Crippen LogP contribution < -0.4 is 5.32 Å². The first-order chi connectivity index (χ1) is 9.63. The third kappa shape index (κ3) is 2.28. The molecule has 1 aromatic carbocycles. The molecule has 100 valence electrons. The summed E-state index contributed by atoms with van der Waals surface area (Å²) in [6, 6.07) is 9.68. The summed E-state index contributed by atoms with van der Waals surface area (Å²) in [6.07, 6.45) is 4.02. The molecule has 1 heterocycles. The van der Waals surface area contributed by atoms with Gasteiger partial charge in [0, 0.05) is 17.6 Å². The zero-order chi connectivity index (χ0) is 14.1. The number of nitrogens with one attached hydrogen (secondary N) is 1. The summed E-state index contributed by atoms with van der Waals surface area (Å²) >= 11 is 0. The Kier molecular flexibility index (Phi) is 2.99. The first-order valence-corrected chi connectivity index (χ1v) is 6.36. The molecule has 1 aliphatic carbocycles. The summed E-state index contributed by atoms with van der Waals surface area (Å²) in [5, 5.41) is 12.3. The standard InChI is InChI=1S/C16H13NO3/c18-14-8-11(6-10-4-2-1-3-5-10)7-13-12(14)9-15(19)17-16(13)20/h1-6,8,18H,7,9H2,(H,17,19,20). The summed E-state index contributed by atoms with van der Waals surface area (Å²) in [7, 11) is 0. The Hall–Kier alpha value is -2.62. The van der Waals surface area contributed by atoms with Crippen molar-refractivity contribution >= 4 is 17.9 Å². The van der Waals surface area contributed by atoms with Crippen LogP contribution in [0.2, 0.25) is 0 Å². The van der Waals surface area contributed by atoms with Gasteiger partial charge < -0.3 is 5.11 Å². The third-order valence-electron chi connectivity index (χ3n) is 3.39. The zero-order valence-electron chi connectivity index (χ0n) is 10.7. The summed E-state index contributed by atoms with van der Waals surface area (Å²) < 4.78 is 0. The van der Waals surface area contributed by atoms with Crippen LogP contribution in [0.15, 0.2) is 58.9 Å². The van der Waals surface area contributed by atoms with Crippen LogP contribution in [-0.2, 0) is 9.59 Å². The van der Waals surface area contributed by atoms with E-state index >= 15 is 0 Å². The molecule has 1 aromatic rings. The molecule has 3 rings (SSSR count). The lowest BCUT2D eigenvalue weighted by Crippen LogP contribution is -2.37. The molecule has 0 saturated carbocycles. The van der Waals surface area contributed by atoms with Crippen LogP contribution in [0.4, 0.5) is 0 Å². The number of rotatable bonds is 1. The fraction of sp³-hybridized carbons (Fsp3) is 0.125. The molecule has 1 aliphatic heterocycles. The zero-order valence-corrected chi connectivity index (χ0v) is 10.7. The lowest BCUT2D eigenvalue weighted by atomic mass is 9.87. The average molecular weight is 267 g/mol.